The maximum absolute atomic E-state index is 12.4. The van der Waals surface area contributed by atoms with Gasteiger partial charge in [0.05, 0.1) is 12.0 Å². The van der Waals surface area contributed by atoms with E-state index in [1.165, 1.54) is 0 Å². The van der Waals surface area contributed by atoms with E-state index >= 15 is 0 Å². The molecular formula is C16H22N2O3. The van der Waals surface area contributed by atoms with E-state index < -0.39 is 17.9 Å². The van der Waals surface area contributed by atoms with Crippen molar-refractivity contribution >= 4 is 11.9 Å². The summed E-state index contributed by atoms with van der Waals surface area (Å²) in [6.07, 6.45) is 0.606. The van der Waals surface area contributed by atoms with Crippen LogP contribution in [-0.4, -0.2) is 34.5 Å². The van der Waals surface area contributed by atoms with E-state index in [0.717, 1.165) is 11.1 Å². The second-order valence-corrected chi connectivity index (χ2v) is 6.04. The van der Waals surface area contributed by atoms with Crippen LogP contribution in [-0.2, 0) is 16.1 Å². The molecule has 0 saturated carbocycles. The molecule has 1 aromatic carbocycles. The lowest BCUT2D eigenvalue weighted by Gasteiger charge is -2.34. The number of hydrogen-bond donors (Lipinski definition) is 2. The van der Waals surface area contributed by atoms with E-state index in [9.17, 15) is 14.7 Å². The van der Waals surface area contributed by atoms with Crippen molar-refractivity contribution in [3.05, 3.63) is 35.4 Å². The summed E-state index contributed by atoms with van der Waals surface area (Å²) in [4.78, 5) is 25.5. The zero-order chi connectivity index (χ0) is 15.6. The molecule has 114 valence electrons. The number of hydrogen-bond acceptors (Lipinski definition) is 3. The highest BCUT2D eigenvalue weighted by Crippen LogP contribution is 2.29. The summed E-state index contributed by atoms with van der Waals surface area (Å²) in [5.74, 6) is -1.41. The Labute approximate surface area is 124 Å². The Bertz CT molecular complexity index is 542. The van der Waals surface area contributed by atoms with Crippen molar-refractivity contribution in [2.24, 2.45) is 11.7 Å². The molecule has 0 spiro atoms. The van der Waals surface area contributed by atoms with E-state index in [1.807, 2.05) is 38.1 Å². The second kappa shape index (κ2) is 6.26. The van der Waals surface area contributed by atoms with Crippen LogP contribution in [0.4, 0.5) is 0 Å². The van der Waals surface area contributed by atoms with Gasteiger partial charge in [0, 0.05) is 13.1 Å². The van der Waals surface area contributed by atoms with Gasteiger partial charge in [-0.3, -0.25) is 9.59 Å². The number of benzene rings is 1. The topological polar surface area (TPSA) is 83.6 Å². The molecule has 1 aromatic rings. The van der Waals surface area contributed by atoms with Crippen LogP contribution in [0, 0.1) is 5.92 Å². The fourth-order valence-electron chi connectivity index (χ4n) is 2.83. The normalized spacial score (nSPS) is 19.2. The van der Waals surface area contributed by atoms with Gasteiger partial charge in [0.25, 0.3) is 0 Å². The van der Waals surface area contributed by atoms with Gasteiger partial charge in [0.2, 0.25) is 5.91 Å². The molecule has 0 radical (unpaired) electrons. The molecule has 0 aromatic heterocycles. The molecule has 3 N–H and O–H groups in total. The van der Waals surface area contributed by atoms with Crippen LogP contribution in [0.3, 0.4) is 0 Å². The fraction of sp³-hybridized carbons (Fsp3) is 0.500. The van der Waals surface area contributed by atoms with Crippen LogP contribution in [0.15, 0.2) is 24.3 Å². The average Bonchev–Trinajstić information content (AvgIpc) is 2.44. The third-order valence-corrected chi connectivity index (χ3v) is 3.85. The maximum Gasteiger partial charge on any atom is 0.312 e. The van der Waals surface area contributed by atoms with Gasteiger partial charge in [-0.2, -0.15) is 0 Å². The Morgan fingerprint density at radius 2 is 2.05 bits per heavy atom. The van der Waals surface area contributed by atoms with E-state index in [-0.39, 0.29) is 12.5 Å². The number of fused-ring (bicyclic) bond motifs is 1. The van der Waals surface area contributed by atoms with Crippen molar-refractivity contribution in [2.45, 2.75) is 38.8 Å². The molecule has 1 aliphatic rings. The Hall–Kier alpha value is -1.88. The van der Waals surface area contributed by atoms with Gasteiger partial charge in [-0.05, 0) is 23.5 Å². The molecule has 21 heavy (non-hydrogen) atoms. The second-order valence-electron chi connectivity index (χ2n) is 6.04. The number of carboxylic acid groups (broad SMARTS) is 1. The van der Waals surface area contributed by atoms with Gasteiger partial charge in [-0.1, -0.05) is 38.1 Å². The summed E-state index contributed by atoms with van der Waals surface area (Å²) in [6.45, 7) is 4.65. The van der Waals surface area contributed by atoms with Crippen LogP contribution < -0.4 is 5.73 Å². The van der Waals surface area contributed by atoms with Crippen molar-refractivity contribution in [3.8, 4) is 0 Å². The molecule has 5 nitrogen and oxygen atoms in total. The Balaban J connectivity index is 2.21. The summed E-state index contributed by atoms with van der Waals surface area (Å²) in [6, 6.07) is 6.82. The van der Waals surface area contributed by atoms with E-state index in [0.29, 0.717) is 18.9 Å². The molecule has 1 unspecified atom stereocenters. The summed E-state index contributed by atoms with van der Waals surface area (Å²) < 4.78 is 0. The number of carbonyl (C=O) groups excluding carboxylic acids is 1. The van der Waals surface area contributed by atoms with E-state index in [2.05, 4.69) is 0 Å². The van der Waals surface area contributed by atoms with Crippen molar-refractivity contribution in [1.29, 1.82) is 0 Å². The first-order valence-corrected chi connectivity index (χ1v) is 7.25. The molecule has 5 heteroatoms. The minimum Gasteiger partial charge on any atom is -0.481 e. The average molecular weight is 290 g/mol. The molecule has 0 fully saturated rings. The largest absolute Gasteiger partial charge is 0.481 e. The predicted molar refractivity (Wildman–Crippen MR) is 79.7 cm³/mol. The van der Waals surface area contributed by atoms with Gasteiger partial charge in [-0.15, -0.1) is 0 Å². The Kier molecular flexibility index (Phi) is 4.63. The van der Waals surface area contributed by atoms with Gasteiger partial charge in [0.1, 0.15) is 0 Å². The molecule has 0 saturated heterocycles. The SMILES string of the molecule is CC(C)C[C@H](N)C(=O)N1Cc2ccccc2C(C(=O)O)C1. The maximum atomic E-state index is 12.4. The van der Waals surface area contributed by atoms with Crippen molar-refractivity contribution in [3.63, 3.8) is 0 Å². The van der Waals surface area contributed by atoms with Gasteiger partial charge in [0.15, 0.2) is 0 Å². The van der Waals surface area contributed by atoms with Crippen LogP contribution in [0.2, 0.25) is 0 Å². The summed E-state index contributed by atoms with van der Waals surface area (Å²) in [7, 11) is 0. The number of carboxylic acids is 1. The Morgan fingerprint density at radius 1 is 1.38 bits per heavy atom. The first-order valence-electron chi connectivity index (χ1n) is 7.25. The molecule has 0 aliphatic carbocycles. The number of carbonyl (C=O) groups is 2. The molecule has 1 aliphatic heterocycles. The van der Waals surface area contributed by atoms with Gasteiger partial charge in [-0.25, -0.2) is 0 Å². The van der Waals surface area contributed by atoms with Gasteiger partial charge < -0.3 is 15.7 Å². The number of rotatable bonds is 4. The van der Waals surface area contributed by atoms with Crippen molar-refractivity contribution in [1.82, 2.24) is 4.90 Å². The number of nitrogens with two attached hydrogens (primary N) is 1. The monoisotopic (exact) mass is 290 g/mol. The van der Waals surface area contributed by atoms with Crippen LogP contribution in [0.25, 0.3) is 0 Å². The standard InChI is InChI=1S/C16H22N2O3/c1-10(2)7-14(17)15(19)18-8-11-5-3-4-6-12(11)13(9-18)16(20)21/h3-6,10,13-14H,7-9,17H2,1-2H3,(H,20,21)/t13?,14-/m0/s1. The molecular weight excluding hydrogens is 268 g/mol. The third-order valence-electron chi connectivity index (χ3n) is 3.85. The molecule has 2 atom stereocenters. The highest BCUT2D eigenvalue weighted by molar-refractivity contribution is 5.84. The van der Waals surface area contributed by atoms with E-state index in [4.69, 9.17) is 5.73 Å². The number of nitrogens with zero attached hydrogens (tertiary/aromatic N) is 1. The quantitative estimate of drug-likeness (QED) is 0.881. The predicted octanol–water partition coefficient (Wildman–Crippen LogP) is 1.57. The summed E-state index contributed by atoms with van der Waals surface area (Å²) in [5.41, 5.74) is 7.64. The highest BCUT2D eigenvalue weighted by Gasteiger charge is 2.33. The first kappa shape index (κ1) is 15.5. The fourth-order valence-corrected chi connectivity index (χ4v) is 2.83. The molecule has 1 amide bonds. The van der Waals surface area contributed by atoms with Crippen LogP contribution in [0.1, 0.15) is 37.3 Å². The lowest BCUT2D eigenvalue weighted by molar-refractivity contribution is -0.141. The molecule has 1 heterocycles. The van der Waals surface area contributed by atoms with Crippen LogP contribution >= 0.6 is 0 Å². The van der Waals surface area contributed by atoms with Crippen molar-refractivity contribution in [2.75, 3.05) is 6.54 Å². The first-order chi connectivity index (χ1) is 9.90. The number of amides is 1. The van der Waals surface area contributed by atoms with Crippen molar-refractivity contribution < 1.29 is 14.7 Å². The minimum absolute atomic E-state index is 0.163. The third kappa shape index (κ3) is 3.42. The zero-order valence-corrected chi connectivity index (χ0v) is 12.5. The zero-order valence-electron chi connectivity index (χ0n) is 12.5. The smallest absolute Gasteiger partial charge is 0.312 e. The minimum atomic E-state index is -0.905. The molecule has 2 rings (SSSR count). The summed E-state index contributed by atoms with van der Waals surface area (Å²) >= 11 is 0. The lowest BCUT2D eigenvalue weighted by Crippen LogP contribution is -2.48. The van der Waals surface area contributed by atoms with Gasteiger partial charge >= 0.3 is 5.97 Å². The van der Waals surface area contributed by atoms with E-state index in [1.54, 1.807) is 4.90 Å². The lowest BCUT2D eigenvalue weighted by atomic mass is 9.89. The highest BCUT2D eigenvalue weighted by atomic mass is 16.4. The van der Waals surface area contributed by atoms with Crippen LogP contribution in [0.5, 0.6) is 0 Å². The molecule has 0 bridgehead atoms. The summed E-state index contributed by atoms with van der Waals surface area (Å²) in [5, 5.41) is 9.40. The number of aliphatic carboxylic acids is 1. The Morgan fingerprint density at radius 3 is 2.67 bits per heavy atom.